The summed E-state index contributed by atoms with van der Waals surface area (Å²) in [5.74, 6) is -0.502. The largest absolute Gasteiger partial charge is 0.508 e. The summed E-state index contributed by atoms with van der Waals surface area (Å²) in [5.41, 5.74) is 1.42. The number of aromatic hydroxyl groups is 1. The zero-order chi connectivity index (χ0) is 14.0. The third-order valence-corrected chi connectivity index (χ3v) is 3.05. The smallest absolute Gasteiger partial charge is 0.257 e. The number of phenolic OH excluding ortho intramolecular Hbond substituents is 1. The number of hydrogen-bond acceptors (Lipinski definition) is 3. The van der Waals surface area contributed by atoms with Gasteiger partial charge in [-0.05, 0) is 36.8 Å². The van der Waals surface area contributed by atoms with Crippen LogP contribution < -0.4 is 5.32 Å². The van der Waals surface area contributed by atoms with Gasteiger partial charge in [0, 0.05) is 6.20 Å². The lowest BCUT2D eigenvalue weighted by Gasteiger charge is -2.09. The molecule has 0 spiro atoms. The first-order chi connectivity index (χ1) is 8.97. The van der Waals surface area contributed by atoms with Crippen LogP contribution in [0.5, 0.6) is 5.75 Å². The molecule has 1 aromatic carbocycles. The van der Waals surface area contributed by atoms with E-state index in [9.17, 15) is 9.90 Å². The number of nitrogens with one attached hydrogen (secondary N) is 1. The van der Waals surface area contributed by atoms with E-state index in [4.69, 9.17) is 23.2 Å². The second-order valence-corrected chi connectivity index (χ2v) is 4.73. The molecule has 0 saturated carbocycles. The molecule has 4 nitrogen and oxygen atoms in total. The Labute approximate surface area is 120 Å². The van der Waals surface area contributed by atoms with Gasteiger partial charge in [0.25, 0.3) is 5.91 Å². The Morgan fingerprint density at radius 1 is 1.32 bits per heavy atom. The first-order valence-electron chi connectivity index (χ1n) is 5.39. The van der Waals surface area contributed by atoms with Crippen LogP contribution in [0.15, 0.2) is 30.5 Å². The van der Waals surface area contributed by atoms with Gasteiger partial charge in [0.15, 0.2) is 5.15 Å². The van der Waals surface area contributed by atoms with E-state index in [1.54, 1.807) is 12.3 Å². The average molecular weight is 297 g/mol. The molecule has 0 saturated heterocycles. The number of aryl methyl sites for hydroxylation is 1. The molecule has 0 aliphatic heterocycles. The van der Waals surface area contributed by atoms with Crippen molar-refractivity contribution in [1.29, 1.82) is 0 Å². The normalized spacial score (nSPS) is 10.3. The van der Waals surface area contributed by atoms with Crippen LogP contribution in [0.4, 0.5) is 5.69 Å². The first-order valence-corrected chi connectivity index (χ1v) is 6.15. The number of halogens is 2. The van der Waals surface area contributed by atoms with Crippen LogP contribution in [0.1, 0.15) is 15.9 Å². The summed E-state index contributed by atoms with van der Waals surface area (Å²) in [6.45, 7) is 1.83. The van der Waals surface area contributed by atoms with Crippen molar-refractivity contribution in [3.63, 3.8) is 0 Å². The molecule has 98 valence electrons. The molecule has 2 N–H and O–H groups in total. The van der Waals surface area contributed by atoms with E-state index in [2.05, 4.69) is 10.3 Å². The number of nitrogens with zero attached hydrogens (tertiary/aromatic N) is 1. The highest BCUT2D eigenvalue weighted by atomic mass is 35.5. The van der Waals surface area contributed by atoms with E-state index in [-0.39, 0.29) is 21.5 Å². The second kappa shape index (κ2) is 5.47. The zero-order valence-corrected chi connectivity index (χ0v) is 11.5. The monoisotopic (exact) mass is 296 g/mol. The molecule has 1 heterocycles. The fourth-order valence-corrected chi connectivity index (χ4v) is 1.87. The molecule has 0 fully saturated rings. The number of carbonyl (C=O) groups is 1. The summed E-state index contributed by atoms with van der Waals surface area (Å²) in [7, 11) is 0. The minimum Gasteiger partial charge on any atom is -0.508 e. The predicted molar refractivity (Wildman–Crippen MR) is 75.1 cm³/mol. The number of amides is 1. The highest BCUT2D eigenvalue weighted by Gasteiger charge is 2.13. The maximum absolute atomic E-state index is 12.1. The van der Waals surface area contributed by atoms with Gasteiger partial charge in [0.1, 0.15) is 5.75 Å². The molecular weight excluding hydrogens is 287 g/mol. The Morgan fingerprint density at radius 2 is 2.05 bits per heavy atom. The molecule has 2 rings (SSSR count). The Hall–Kier alpha value is -1.78. The van der Waals surface area contributed by atoms with Gasteiger partial charge in [-0.3, -0.25) is 4.79 Å². The highest BCUT2D eigenvalue weighted by Crippen LogP contribution is 2.24. The van der Waals surface area contributed by atoms with E-state index in [0.717, 1.165) is 5.56 Å². The molecular formula is C13H10Cl2N2O2. The number of phenols is 1. The third-order valence-electron chi connectivity index (χ3n) is 2.42. The molecule has 2 aromatic rings. The van der Waals surface area contributed by atoms with E-state index >= 15 is 0 Å². The molecule has 0 unspecified atom stereocenters. The average Bonchev–Trinajstić information content (AvgIpc) is 2.36. The van der Waals surface area contributed by atoms with Gasteiger partial charge in [-0.25, -0.2) is 4.98 Å². The molecule has 1 amide bonds. The lowest BCUT2D eigenvalue weighted by Crippen LogP contribution is -2.13. The number of rotatable bonds is 2. The molecule has 0 radical (unpaired) electrons. The SMILES string of the molecule is Cc1cnc(Cl)c(NC(=O)c2cc(O)ccc2Cl)c1. The van der Waals surface area contributed by atoms with E-state index in [1.807, 2.05) is 6.92 Å². The van der Waals surface area contributed by atoms with Crippen LogP contribution in [0.25, 0.3) is 0 Å². The molecule has 6 heteroatoms. The van der Waals surface area contributed by atoms with E-state index in [0.29, 0.717) is 5.69 Å². The minimum absolute atomic E-state index is 0.0389. The van der Waals surface area contributed by atoms with Crippen LogP contribution >= 0.6 is 23.2 Å². The van der Waals surface area contributed by atoms with Gasteiger partial charge < -0.3 is 10.4 Å². The van der Waals surface area contributed by atoms with Crippen molar-refractivity contribution in [3.05, 3.63) is 51.8 Å². The summed E-state index contributed by atoms with van der Waals surface area (Å²) >= 11 is 11.8. The Balaban J connectivity index is 2.30. The maximum Gasteiger partial charge on any atom is 0.257 e. The standard InChI is InChI=1S/C13H10Cl2N2O2/c1-7-4-11(12(15)16-6-7)17-13(19)9-5-8(18)2-3-10(9)14/h2-6,18H,1H3,(H,17,19). The summed E-state index contributed by atoms with van der Waals surface area (Å²) in [4.78, 5) is 16.0. The fourth-order valence-electron chi connectivity index (χ4n) is 1.52. The Kier molecular flexibility index (Phi) is 3.93. The summed E-state index contributed by atoms with van der Waals surface area (Å²) in [6.07, 6.45) is 1.60. The van der Waals surface area contributed by atoms with Crippen LogP contribution in [0, 0.1) is 6.92 Å². The highest BCUT2D eigenvalue weighted by molar-refractivity contribution is 6.35. The van der Waals surface area contributed by atoms with Crippen LogP contribution in [0.3, 0.4) is 0 Å². The fraction of sp³-hybridized carbons (Fsp3) is 0.0769. The number of pyridine rings is 1. The lowest BCUT2D eigenvalue weighted by atomic mass is 10.2. The van der Waals surface area contributed by atoms with Crippen LogP contribution in [-0.4, -0.2) is 16.0 Å². The number of benzene rings is 1. The summed E-state index contributed by atoms with van der Waals surface area (Å²) in [5, 5.41) is 12.4. The quantitative estimate of drug-likeness (QED) is 0.832. The second-order valence-electron chi connectivity index (χ2n) is 3.97. The van der Waals surface area contributed by atoms with Crippen molar-refractivity contribution in [2.24, 2.45) is 0 Å². The number of hydrogen-bond donors (Lipinski definition) is 2. The van der Waals surface area contributed by atoms with Gasteiger partial charge in [-0.1, -0.05) is 23.2 Å². The van der Waals surface area contributed by atoms with Gasteiger partial charge in [0.05, 0.1) is 16.3 Å². The van der Waals surface area contributed by atoms with Crippen LogP contribution in [-0.2, 0) is 0 Å². The van der Waals surface area contributed by atoms with Crippen LogP contribution in [0.2, 0.25) is 10.2 Å². The molecule has 0 aliphatic carbocycles. The number of carbonyl (C=O) groups excluding carboxylic acids is 1. The summed E-state index contributed by atoms with van der Waals surface area (Å²) < 4.78 is 0. The van der Waals surface area contributed by atoms with Crippen molar-refractivity contribution in [2.75, 3.05) is 5.32 Å². The Morgan fingerprint density at radius 3 is 2.79 bits per heavy atom. The third kappa shape index (κ3) is 3.16. The van der Waals surface area contributed by atoms with Gasteiger partial charge in [-0.2, -0.15) is 0 Å². The van der Waals surface area contributed by atoms with Gasteiger partial charge >= 0.3 is 0 Å². The van der Waals surface area contributed by atoms with E-state index < -0.39 is 5.91 Å². The molecule has 1 aromatic heterocycles. The van der Waals surface area contributed by atoms with Gasteiger partial charge in [0.2, 0.25) is 0 Å². The topological polar surface area (TPSA) is 62.2 Å². The van der Waals surface area contributed by atoms with Crippen molar-refractivity contribution >= 4 is 34.8 Å². The predicted octanol–water partition coefficient (Wildman–Crippen LogP) is 3.65. The van der Waals surface area contributed by atoms with Crippen molar-refractivity contribution in [2.45, 2.75) is 6.92 Å². The molecule has 19 heavy (non-hydrogen) atoms. The number of aromatic nitrogens is 1. The number of anilines is 1. The Bertz CT molecular complexity index is 645. The van der Waals surface area contributed by atoms with E-state index in [1.165, 1.54) is 18.2 Å². The zero-order valence-electron chi connectivity index (χ0n) is 9.95. The molecule has 0 aliphatic rings. The summed E-state index contributed by atoms with van der Waals surface area (Å²) in [6, 6.07) is 5.83. The lowest BCUT2D eigenvalue weighted by molar-refractivity contribution is 0.102. The van der Waals surface area contributed by atoms with Gasteiger partial charge in [-0.15, -0.1) is 0 Å². The van der Waals surface area contributed by atoms with Crippen molar-refractivity contribution in [1.82, 2.24) is 4.98 Å². The molecule has 0 atom stereocenters. The van der Waals surface area contributed by atoms with Crippen molar-refractivity contribution in [3.8, 4) is 5.75 Å². The first kappa shape index (κ1) is 13.6. The molecule has 0 bridgehead atoms. The maximum atomic E-state index is 12.1. The minimum atomic E-state index is -0.463. The van der Waals surface area contributed by atoms with Crippen molar-refractivity contribution < 1.29 is 9.90 Å².